The van der Waals surface area contributed by atoms with Gasteiger partial charge in [0, 0.05) is 6.54 Å². The second kappa shape index (κ2) is 2.44. The Kier molecular flexibility index (Phi) is 1.63. The molecule has 0 unspecified atom stereocenters. The summed E-state index contributed by atoms with van der Waals surface area (Å²) in [5.41, 5.74) is 5.41. The second-order valence-corrected chi connectivity index (χ2v) is 1.86. The van der Waals surface area contributed by atoms with Crippen molar-refractivity contribution in [2.24, 2.45) is 0 Å². The zero-order chi connectivity index (χ0) is 6.69. The third kappa shape index (κ3) is 1.38. The first-order chi connectivity index (χ1) is 4.33. The van der Waals surface area contributed by atoms with Crippen LogP contribution in [-0.4, -0.2) is 11.5 Å². The maximum Gasteiger partial charge on any atom is 0.104 e. The van der Waals surface area contributed by atoms with Gasteiger partial charge in [0.1, 0.15) is 11.6 Å². The Morgan fingerprint density at radius 2 is 2.44 bits per heavy atom. The van der Waals surface area contributed by atoms with Crippen molar-refractivity contribution in [3.05, 3.63) is 12.1 Å². The minimum atomic E-state index is 0.700. The predicted octanol–water partition coefficient (Wildman–Crippen LogP) is 1.03. The van der Waals surface area contributed by atoms with Gasteiger partial charge >= 0.3 is 0 Å². The molecule has 0 aromatic carbocycles. The van der Waals surface area contributed by atoms with Crippen LogP contribution < -0.4 is 11.1 Å². The first-order valence-corrected chi connectivity index (χ1v) is 3.01. The summed E-state index contributed by atoms with van der Waals surface area (Å²) >= 11 is 0. The normalized spacial score (nSPS) is 9.44. The number of rotatable bonds is 2. The lowest BCUT2D eigenvalue weighted by atomic mass is 10.6. The highest BCUT2D eigenvalue weighted by molar-refractivity contribution is 5.45. The van der Waals surface area contributed by atoms with E-state index in [-0.39, 0.29) is 0 Å². The van der Waals surface area contributed by atoms with Gasteiger partial charge in [-0.2, -0.15) is 0 Å². The van der Waals surface area contributed by atoms with Crippen LogP contribution in [-0.2, 0) is 0 Å². The third-order valence-electron chi connectivity index (χ3n) is 1.08. The molecule has 1 heterocycles. The second-order valence-electron chi connectivity index (χ2n) is 1.86. The molecule has 0 amide bonds. The number of nitrogen functional groups attached to an aromatic ring is 1. The Morgan fingerprint density at radius 1 is 1.67 bits per heavy atom. The van der Waals surface area contributed by atoms with Gasteiger partial charge in [-0.1, -0.05) is 0 Å². The fraction of sp³-hybridized carbons (Fsp3) is 0.333. The molecule has 1 aromatic heterocycles. The fourth-order valence-corrected chi connectivity index (χ4v) is 0.706. The van der Waals surface area contributed by atoms with Crippen molar-refractivity contribution in [1.29, 1.82) is 0 Å². The zero-order valence-corrected chi connectivity index (χ0v) is 5.44. The van der Waals surface area contributed by atoms with Crippen LogP contribution in [0.15, 0.2) is 12.1 Å². The van der Waals surface area contributed by atoms with Crippen LogP contribution in [0.25, 0.3) is 0 Å². The molecule has 1 rings (SSSR count). The highest BCUT2D eigenvalue weighted by Crippen LogP contribution is 2.06. The molecular weight excluding hydrogens is 114 g/mol. The monoisotopic (exact) mass is 125 g/mol. The molecule has 0 spiro atoms. The number of aromatic nitrogens is 1. The third-order valence-corrected chi connectivity index (χ3v) is 1.08. The first kappa shape index (κ1) is 6.01. The van der Waals surface area contributed by atoms with Crippen molar-refractivity contribution in [3.8, 4) is 0 Å². The molecule has 3 nitrogen and oxygen atoms in total. The SMILES string of the molecule is CCNc1ccc(N)[nH]1. The van der Waals surface area contributed by atoms with E-state index in [2.05, 4.69) is 10.3 Å². The molecule has 3 heteroatoms. The van der Waals surface area contributed by atoms with E-state index in [0.717, 1.165) is 12.4 Å². The quantitative estimate of drug-likeness (QED) is 0.553. The molecule has 0 bridgehead atoms. The Labute approximate surface area is 54.3 Å². The van der Waals surface area contributed by atoms with E-state index in [1.54, 1.807) is 0 Å². The van der Waals surface area contributed by atoms with Gasteiger partial charge in [0.05, 0.1) is 0 Å². The van der Waals surface area contributed by atoms with Gasteiger partial charge in [-0.25, -0.2) is 0 Å². The number of nitrogens with one attached hydrogen (secondary N) is 2. The minimum Gasteiger partial charge on any atom is -0.385 e. The van der Waals surface area contributed by atoms with Crippen LogP contribution in [0.5, 0.6) is 0 Å². The number of nitrogens with two attached hydrogens (primary N) is 1. The Balaban J connectivity index is 2.61. The number of aromatic amines is 1. The van der Waals surface area contributed by atoms with Gasteiger partial charge in [-0.05, 0) is 19.1 Å². The Hall–Kier alpha value is -1.12. The van der Waals surface area contributed by atoms with Crippen LogP contribution >= 0.6 is 0 Å². The molecule has 0 saturated heterocycles. The van der Waals surface area contributed by atoms with Crippen molar-refractivity contribution < 1.29 is 0 Å². The number of hydrogen-bond acceptors (Lipinski definition) is 2. The molecule has 0 atom stereocenters. The summed E-state index contributed by atoms with van der Waals surface area (Å²) < 4.78 is 0. The number of hydrogen-bond donors (Lipinski definition) is 3. The highest BCUT2D eigenvalue weighted by atomic mass is 15.0. The fourth-order valence-electron chi connectivity index (χ4n) is 0.706. The lowest BCUT2D eigenvalue weighted by Gasteiger charge is -1.95. The summed E-state index contributed by atoms with van der Waals surface area (Å²) in [7, 11) is 0. The standard InChI is InChI=1S/C6H11N3/c1-2-8-6-4-3-5(7)9-6/h3-4,8-9H,2,7H2,1H3. The van der Waals surface area contributed by atoms with Gasteiger partial charge in [-0.3, -0.25) is 0 Å². The van der Waals surface area contributed by atoms with E-state index in [1.807, 2.05) is 19.1 Å². The summed E-state index contributed by atoms with van der Waals surface area (Å²) in [5, 5.41) is 3.09. The summed E-state index contributed by atoms with van der Waals surface area (Å²) in [4.78, 5) is 2.94. The van der Waals surface area contributed by atoms with Gasteiger partial charge in [-0.15, -0.1) is 0 Å². The van der Waals surface area contributed by atoms with Gasteiger partial charge in [0.2, 0.25) is 0 Å². The van der Waals surface area contributed by atoms with Crippen LogP contribution in [0, 0.1) is 0 Å². The molecule has 4 N–H and O–H groups in total. The number of H-pyrrole nitrogens is 1. The topological polar surface area (TPSA) is 53.8 Å². The minimum absolute atomic E-state index is 0.700. The molecule has 0 aliphatic rings. The smallest absolute Gasteiger partial charge is 0.104 e. The maximum atomic E-state index is 5.41. The number of anilines is 2. The zero-order valence-electron chi connectivity index (χ0n) is 5.44. The lowest BCUT2D eigenvalue weighted by Crippen LogP contribution is -1.96. The van der Waals surface area contributed by atoms with Crippen LogP contribution in [0.1, 0.15) is 6.92 Å². The molecule has 1 aromatic rings. The lowest BCUT2D eigenvalue weighted by molar-refractivity contribution is 1.18. The highest BCUT2D eigenvalue weighted by Gasteiger charge is 1.89. The summed E-state index contributed by atoms with van der Waals surface area (Å²) in [5.74, 6) is 1.68. The summed E-state index contributed by atoms with van der Waals surface area (Å²) in [6.45, 7) is 2.96. The molecule has 0 radical (unpaired) electrons. The van der Waals surface area contributed by atoms with Crippen LogP contribution in [0.3, 0.4) is 0 Å². The summed E-state index contributed by atoms with van der Waals surface area (Å²) in [6.07, 6.45) is 0. The Bertz CT molecular complexity index is 180. The predicted molar refractivity (Wildman–Crippen MR) is 39.4 cm³/mol. The molecule has 0 aliphatic carbocycles. The van der Waals surface area contributed by atoms with Crippen molar-refractivity contribution in [2.45, 2.75) is 6.92 Å². The van der Waals surface area contributed by atoms with Gasteiger partial charge < -0.3 is 16.0 Å². The van der Waals surface area contributed by atoms with Crippen molar-refractivity contribution in [3.63, 3.8) is 0 Å². The molecule has 0 aliphatic heterocycles. The van der Waals surface area contributed by atoms with E-state index in [9.17, 15) is 0 Å². The molecule has 0 fully saturated rings. The van der Waals surface area contributed by atoms with Crippen LogP contribution in [0.4, 0.5) is 11.6 Å². The van der Waals surface area contributed by atoms with E-state index < -0.39 is 0 Å². The van der Waals surface area contributed by atoms with Crippen LogP contribution in [0.2, 0.25) is 0 Å². The van der Waals surface area contributed by atoms with E-state index in [4.69, 9.17) is 5.73 Å². The van der Waals surface area contributed by atoms with Crippen molar-refractivity contribution in [1.82, 2.24) is 4.98 Å². The first-order valence-electron chi connectivity index (χ1n) is 3.01. The average Bonchev–Trinajstić information content (AvgIpc) is 2.17. The maximum absolute atomic E-state index is 5.41. The van der Waals surface area contributed by atoms with E-state index in [1.165, 1.54) is 0 Å². The summed E-state index contributed by atoms with van der Waals surface area (Å²) in [6, 6.07) is 3.75. The average molecular weight is 125 g/mol. The largest absolute Gasteiger partial charge is 0.385 e. The molecule has 0 saturated carbocycles. The molecule has 9 heavy (non-hydrogen) atoms. The van der Waals surface area contributed by atoms with Crippen molar-refractivity contribution >= 4 is 11.6 Å². The van der Waals surface area contributed by atoms with E-state index in [0.29, 0.717) is 5.82 Å². The Morgan fingerprint density at radius 3 is 2.89 bits per heavy atom. The van der Waals surface area contributed by atoms with Gasteiger partial charge in [0.25, 0.3) is 0 Å². The van der Waals surface area contributed by atoms with Gasteiger partial charge in [0.15, 0.2) is 0 Å². The van der Waals surface area contributed by atoms with E-state index >= 15 is 0 Å². The molecular formula is C6H11N3. The van der Waals surface area contributed by atoms with Crippen molar-refractivity contribution in [2.75, 3.05) is 17.6 Å². The molecule has 50 valence electrons.